The van der Waals surface area contributed by atoms with E-state index in [0.29, 0.717) is 27.3 Å². The molecule has 0 aliphatic carbocycles. The summed E-state index contributed by atoms with van der Waals surface area (Å²) in [6.45, 7) is 0.151. The fourth-order valence-corrected chi connectivity index (χ4v) is 3.87. The molecule has 7 heteroatoms. The maximum Gasteiger partial charge on any atom is 0.293 e. The van der Waals surface area contributed by atoms with Crippen LogP contribution in [0.2, 0.25) is 0 Å². The van der Waals surface area contributed by atoms with Crippen LogP contribution in [0.15, 0.2) is 77.7 Å². The molecule has 0 radical (unpaired) electrons. The van der Waals surface area contributed by atoms with E-state index >= 15 is 0 Å². The topological polar surface area (TPSA) is 46.6 Å². The normalized spacial score (nSPS) is 15.0. The van der Waals surface area contributed by atoms with Gasteiger partial charge in [0.1, 0.15) is 24.0 Å². The molecule has 1 fully saturated rings. The Kier molecular flexibility index (Phi) is 6.13. The first-order valence-electron chi connectivity index (χ1n) is 9.46. The third-order valence-electron chi connectivity index (χ3n) is 4.64. The largest absolute Gasteiger partial charge is 0.489 e. The number of carbonyl (C=O) groups excluding carboxylic acids is 2. The fraction of sp³-hybridized carbons (Fsp3) is 0.0833. The monoisotopic (exact) mass is 437 g/mol. The number of benzene rings is 3. The number of ether oxygens (including phenoxy) is 1. The molecular formula is C24H17F2NO3S. The van der Waals surface area contributed by atoms with Crippen LogP contribution in [-0.2, 0) is 17.9 Å². The quantitative estimate of drug-likeness (QED) is 0.459. The van der Waals surface area contributed by atoms with Crippen molar-refractivity contribution in [2.45, 2.75) is 13.2 Å². The van der Waals surface area contributed by atoms with E-state index in [9.17, 15) is 18.4 Å². The molecular weight excluding hydrogens is 420 g/mol. The summed E-state index contributed by atoms with van der Waals surface area (Å²) >= 11 is 0.851. The Hall–Kier alpha value is -3.45. The molecule has 0 bridgehead atoms. The first-order valence-corrected chi connectivity index (χ1v) is 10.3. The minimum absolute atomic E-state index is 0.0737. The number of halogens is 2. The number of imide groups is 1. The van der Waals surface area contributed by atoms with Crippen LogP contribution in [0.25, 0.3) is 6.08 Å². The van der Waals surface area contributed by atoms with E-state index in [2.05, 4.69) is 0 Å². The van der Waals surface area contributed by atoms with Crippen LogP contribution in [0.5, 0.6) is 5.75 Å². The summed E-state index contributed by atoms with van der Waals surface area (Å²) in [4.78, 5) is 26.4. The Bertz CT molecular complexity index is 1160. The lowest BCUT2D eigenvalue weighted by molar-refractivity contribution is -0.123. The zero-order valence-electron chi connectivity index (χ0n) is 16.3. The number of amides is 2. The van der Waals surface area contributed by atoms with Gasteiger partial charge < -0.3 is 4.74 Å². The predicted molar refractivity (Wildman–Crippen MR) is 115 cm³/mol. The smallest absolute Gasteiger partial charge is 0.293 e. The number of carbonyl (C=O) groups is 2. The van der Waals surface area contributed by atoms with E-state index in [1.807, 2.05) is 0 Å². The Balaban J connectivity index is 1.46. The van der Waals surface area contributed by atoms with Crippen molar-refractivity contribution < 1.29 is 23.1 Å². The second-order valence-electron chi connectivity index (χ2n) is 6.85. The molecule has 156 valence electrons. The van der Waals surface area contributed by atoms with Crippen molar-refractivity contribution >= 4 is 29.0 Å². The van der Waals surface area contributed by atoms with E-state index in [0.717, 1.165) is 16.7 Å². The highest BCUT2D eigenvalue weighted by molar-refractivity contribution is 8.18. The van der Waals surface area contributed by atoms with E-state index < -0.39 is 5.91 Å². The minimum Gasteiger partial charge on any atom is -0.489 e. The summed E-state index contributed by atoms with van der Waals surface area (Å²) < 4.78 is 32.5. The predicted octanol–water partition coefficient (Wildman–Crippen LogP) is 5.78. The number of hydrogen-bond acceptors (Lipinski definition) is 4. The van der Waals surface area contributed by atoms with Gasteiger partial charge in [0.15, 0.2) is 0 Å². The van der Waals surface area contributed by atoms with E-state index in [1.54, 1.807) is 60.7 Å². The highest BCUT2D eigenvalue weighted by Crippen LogP contribution is 2.33. The molecule has 0 saturated carbocycles. The summed E-state index contributed by atoms with van der Waals surface area (Å²) in [6.07, 6.45) is 1.62. The Labute approximate surface area is 182 Å². The third kappa shape index (κ3) is 5.00. The zero-order valence-corrected chi connectivity index (χ0v) is 17.1. The van der Waals surface area contributed by atoms with Crippen LogP contribution >= 0.6 is 11.8 Å². The Morgan fingerprint density at radius 2 is 1.71 bits per heavy atom. The van der Waals surface area contributed by atoms with Gasteiger partial charge in [-0.05, 0) is 59.3 Å². The van der Waals surface area contributed by atoms with Gasteiger partial charge in [0.2, 0.25) is 0 Å². The van der Waals surface area contributed by atoms with Crippen LogP contribution < -0.4 is 4.74 Å². The van der Waals surface area contributed by atoms with Gasteiger partial charge in [-0.2, -0.15) is 0 Å². The fourth-order valence-electron chi connectivity index (χ4n) is 3.03. The molecule has 1 heterocycles. The standard InChI is InChI=1S/C24H17F2NO3S/c25-19-10-8-16(9-11-19)14-27-23(28)22(31-24(27)29)13-17-4-3-6-20(12-17)30-15-18-5-1-2-7-21(18)26/h1-13H,14-15H2/b22-13+. The van der Waals surface area contributed by atoms with Crippen LogP contribution in [0.3, 0.4) is 0 Å². The van der Waals surface area contributed by atoms with Crippen molar-refractivity contribution in [3.8, 4) is 5.75 Å². The zero-order chi connectivity index (χ0) is 21.8. The van der Waals surface area contributed by atoms with Gasteiger partial charge in [0.25, 0.3) is 11.1 Å². The van der Waals surface area contributed by atoms with Crippen LogP contribution in [0.4, 0.5) is 13.6 Å². The second-order valence-corrected chi connectivity index (χ2v) is 7.84. The van der Waals surface area contributed by atoms with Gasteiger partial charge in [-0.15, -0.1) is 0 Å². The van der Waals surface area contributed by atoms with E-state index in [-0.39, 0.29) is 30.0 Å². The van der Waals surface area contributed by atoms with Gasteiger partial charge >= 0.3 is 0 Å². The maximum absolute atomic E-state index is 13.7. The molecule has 1 aliphatic heterocycles. The lowest BCUT2D eigenvalue weighted by atomic mass is 10.2. The Morgan fingerprint density at radius 3 is 2.48 bits per heavy atom. The molecule has 4 nitrogen and oxygen atoms in total. The van der Waals surface area contributed by atoms with Crippen molar-refractivity contribution in [2.75, 3.05) is 0 Å². The number of nitrogens with zero attached hydrogens (tertiary/aromatic N) is 1. The van der Waals surface area contributed by atoms with Gasteiger partial charge in [-0.3, -0.25) is 14.5 Å². The summed E-state index contributed by atoms with van der Waals surface area (Å²) in [5.41, 5.74) is 1.78. The van der Waals surface area contributed by atoms with Crippen molar-refractivity contribution in [3.63, 3.8) is 0 Å². The molecule has 31 heavy (non-hydrogen) atoms. The molecule has 2 amide bonds. The van der Waals surface area contributed by atoms with Gasteiger partial charge in [-0.1, -0.05) is 42.5 Å². The summed E-state index contributed by atoms with van der Waals surface area (Å²) in [6, 6.07) is 19.0. The van der Waals surface area contributed by atoms with Crippen LogP contribution in [0.1, 0.15) is 16.7 Å². The van der Waals surface area contributed by atoms with Crippen LogP contribution in [0, 0.1) is 11.6 Å². The van der Waals surface area contributed by atoms with Crippen molar-refractivity contribution in [3.05, 3.63) is 106 Å². The molecule has 4 rings (SSSR count). The van der Waals surface area contributed by atoms with Crippen molar-refractivity contribution in [1.82, 2.24) is 4.90 Å². The molecule has 3 aromatic rings. The molecule has 3 aromatic carbocycles. The number of rotatable bonds is 6. The van der Waals surface area contributed by atoms with Gasteiger partial charge in [-0.25, -0.2) is 8.78 Å². The number of hydrogen-bond donors (Lipinski definition) is 0. The average Bonchev–Trinajstić information content (AvgIpc) is 3.02. The summed E-state index contributed by atoms with van der Waals surface area (Å²) in [5.74, 6) is -0.608. The maximum atomic E-state index is 13.7. The first-order chi connectivity index (χ1) is 15.0. The third-order valence-corrected chi connectivity index (χ3v) is 5.54. The SMILES string of the molecule is O=C1S/C(=C/c2cccc(OCc3ccccc3F)c2)C(=O)N1Cc1ccc(F)cc1. The minimum atomic E-state index is -0.406. The molecule has 0 atom stereocenters. The van der Waals surface area contributed by atoms with Gasteiger partial charge in [0, 0.05) is 5.56 Å². The molecule has 0 aromatic heterocycles. The summed E-state index contributed by atoms with van der Waals surface area (Å²) in [7, 11) is 0. The highest BCUT2D eigenvalue weighted by atomic mass is 32.2. The lowest BCUT2D eigenvalue weighted by Gasteiger charge is -2.12. The molecule has 0 N–H and O–H groups in total. The molecule has 1 saturated heterocycles. The van der Waals surface area contributed by atoms with E-state index in [1.165, 1.54) is 18.2 Å². The van der Waals surface area contributed by atoms with E-state index in [4.69, 9.17) is 4.74 Å². The Morgan fingerprint density at radius 1 is 0.935 bits per heavy atom. The number of thioether (sulfide) groups is 1. The second kappa shape index (κ2) is 9.14. The average molecular weight is 437 g/mol. The molecule has 0 spiro atoms. The first kappa shape index (κ1) is 20.8. The van der Waals surface area contributed by atoms with Gasteiger partial charge in [0.05, 0.1) is 11.4 Å². The van der Waals surface area contributed by atoms with Crippen molar-refractivity contribution in [2.24, 2.45) is 0 Å². The van der Waals surface area contributed by atoms with Crippen molar-refractivity contribution in [1.29, 1.82) is 0 Å². The highest BCUT2D eigenvalue weighted by Gasteiger charge is 2.34. The summed E-state index contributed by atoms with van der Waals surface area (Å²) in [5, 5.41) is -0.382. The molecule has 1 aliphatic rings. The van der Waals surface area contributed by atoms with Crippen LogP contribution in [-0.4, -0.2) is 16.0 Å². The lowest BCUT2D eigenvalue weighted by Crippen LogP contribution is -2.27. The molecule has 0 unspecified atom stereocenters.